The minimum atomic E-state index is -0.969. The first-order valence-electron chi connectivity index (χ1n) is 11.4. The van der Waals surface area contributed by atoms with Gasteiger partial charge in [0.05, 0.1) is 5.56 Å². The van der Waals surface area contributed by atoms with E-state index in [1.54, 1.807) is 17.0 Å². The summed E-state index contributed by atoms with van der Waals surface area (Å²) >= 11 is 1.35. The average Bonchev–Trinajstić information content (AvgIpc) is 3.46. The summed E-state index contributed by atoms with van der Waals surface area (Å²) in [7, 11) is 0. The van der Waals surface area contributed by atoms with Gasteiger partial charge in [0.2, 0.25) is 6.79 Å². The number of aromatic nitrogens is 4. The Morgan fingerprint density at radius 1 is 1.31 bits per heavy atom. The lowest BCUT2D eigenvalue weighted by molar-refractivity contribution is -0.140. The molecule has 0 saturated carbocycles. The number of hydrogen-bond acceptors (Lipinski definition) is 10. The fraction of sp³-hybridized carbons (Fsp3) is 0.435. The third kappa shape index (κ3) is 4.56. The highest BCUT2D eigenvalue weighted by atomic mass is 32.2. The molecule has 4 heterocycles. The standard InChI is InChI=1S/C23H25N7O4S/c1-13(31)22(32)29-5-2-14(3-6-29)4-7-30-21-19(20(25)26-11-27-21)28-23(30)35-18-9-17-16(33-12-34-17)8-15(18)10-24/h8-9,11,13-14,31H,2-7,12H2,1H3,(H2,25,26,27)/t13-/m0/s1. The highest BCUT2D eigenvalue weighted by molar-refractivity contribution is 7.99. The number of anilines is 1. The molecule has 182 valence electrons. The summed E-state index contributed by atoms with van der Waals surface area (Å²) in [6.45, 7) is 3.55. The molecule has 1 fully saturated rings. The number of ether oxygens (including phenoxy) is 2. The maximum atomic E-state index is 12.1. The van der Waals surface area contributed by atoms with E-state index in [4.69, 9.17) is 20.2 Å². The number of fused-ring (bicyclic) bond motifs is 2. The zero-order chi connectivity index (χ0) is 24.5. The topological polar surface area (TPSA) is 152 Å². The molecule has 2 aromatic heterocycles. The van der Waals surface area contributed by atoms with Crippen LogP contribution in [0.25, 0.3) is 11.2 Å². The lowest BCUT2D eigenvalue weighted by atomic mass is 9.93. The molecule has 2 aliphatic heterocycles. The summed E-state index contributed by atoms with van der Waals surface area (Å²) in [5.74, 6) is 1.64. The minimum Gasteiger partial charge on any atom is -0.454 e. The van der Waals surface area contributed by atoms with E-state index in [9.17, 15) is 15.2 Å². The van der Waals surface area contributed by atoms with Gasteiger partial charge in [-0.15, -0.1) is 0 Å². The predicted molar refractivity (Wildman–Crippen MR) is 127 cm³/mol. The molecule has 0 bridgehead atoms. The molecule has 12 heteroatoms. The van der Waals surface area contributed by atoms with E-state index in [1.807, 2.05) is 4.57 Å². The number of aliphatic hydroxyl groups is 1. The number of amides is 1. The summed E-state index contributed by atoms with van der Waals surface area (Å²) < 4.78 is 12.9. The number of likely N-dealkylation sites (tertiary alicyclic amines) is 1. The normalized spacial score (nSPS) is 16.4. The zero-order valence-corrected chi connectivity index (χ0v) is 20.0. The fourth-order valence-corrected chi connectivity index (χ4v) is 5.43. The highest BCUT2D eigenvalue weighted by Crippen LogP contribution is 2.41. The van der Waals surface area contributed by atoms with Crippen molar-refractivity contribution in [2.24, 2.45) is 5.92 Å². The molecule has 1 atom stereocenters. The number of imidazole rings is 1. The molecule has 1 aromatic carbocycles. The minimum absolute atomic E-state index is 0.126. The predicted octanol–water partition coefficient (Wildman–Crippen LogP) is 2.17. The monoisotopic (exact) mass is 495 g/mol. The summed E-state index contributed by atoms with van der Waals surface area (Å²) in [4.78, 5) is 27.7. The number of rotatable bonds is 6. The van der Waals surface area contributed by atoms with Crippen LogP contribution < -0.4 is 15.2 Å². The molecule has 0 unspecified atom stereocenters. The van der Waals surface area contributed by atoms with Crippen molar-refractivity contribution in [1.82, 2.24) is 24.4 Å². The largest absolute Gasteiger partial charge is 0.454 e. The Labute approximate surface area is 205 Å². The number of nitriles is 1. The Kier molecular flexibility index (Phi) is 6.36. The van der Waals surface area contributed by atoms with Gasteiger partial charge in [0.1, 0.15) is 18.5 Å². The van der Waals surface area contributed by atoms with Crippen LogP contribution in [0.2, 0.25) is 0 Å². The molecule has 11 nitrogen and oxygen atoms in total. The van der Waals surface area contributed by atoms with Gasteiger partial charge in [0.15, 0.2) is 33.6 Å². The van der Waals surface area contributed by atoms with Crippen LogP contribution in [0.1, 0.15) is 31.7 Å². The van der Waals surface area contributed by atoms with Gasteiger partial charge in [-0.3, -0.25) is 4.79 Å². The quantitative estimate of drug-likeness (QED) is 0.520. The lowest BCUT2D eigenvalue weighted by Crippen LogP contribution is -2.43. The summed E-state index contributed by atoms with van der Waals surface area (Å²) in [5, 5.41) is 19.9. The van der Waals surface area contributed by atoms with Crippen LogP contribution in [0, 0.1) is 17.2 Å². The van der Waals surface area contributed by atoms with Crippen LogP contribution in [0.4, 0.5) is 5.82 Å². The van der Waals surface area contributed by atoms with Crippen LogP contribution >= 0.6 is 11.8 Å². The van der Waals surface area contributed by atoms with Crippen molar-refractivity contribution in [1.29, 1.82) is 5.26 Å². The number of nitrogens with zero attached hydrogens (tertiary/aromatic N) is 6. The third-order valence-corrected chi connectivity index (χ3v) is 7.42. The molecular weight excluding hydrogens is 470 g/mol. The Bertz CT molecular complexity index is 1310. The van der Waals surface area contributed by atoms with Gasteiger partial charge in [-0.1, -0.05) is 11.8 Å². The molecule has 35 heavy (non-hydrogen) atoms. The van der Waals surface area contributed by atoms with Crippen LogP contribution in [0.3, 0.4) is 0 Å². The van der Waals surface area contributed by atoms with Crippen molar-refractivity contribution in [3.63, 3.8) is 0 Å². The number of aliphatic hydroxyl groups excluding tert-OH is 1. The lowest BCUT2D eigenvalue weighted by Gasteiger charge is -2.32. The van der Waals surface area contributed by atoms with Crippen molar-refractivity contribution in [3.05, 3.63) is 24.0 Å². The van der Waals surface area contributed by atoms with E-state index < -0.39 is 6.10 Å². The van der Waals surface area contributed by atoms with Crippen molar-refractivity contribution in [3.8, 4) is 17.6 Å². The van der Waals surface area contributed by atoms with E-state index in [1.165, 1.54) is 25.0 Å². The Hall–Kier alpha value is -3.56. The second kappa shape index (κ2) is 9.59. The molecule has 2 aliphatic rings. The smallest absolute Gasteiger partial charge is 0.251 e. The molecule has 3 N–H and O–H groups in total. The number of benzene rings is 1. The van der Waals surface area contributed by atoms with Gasteiger partial charge in [0, 0.05) is 30.6 Å². The molecule has 0 radical (unpaired) electrons. The second-order valence-electron chi connectivity index (χ2n) is 8.63. The van der Waals surface area contributed by atoms with Gasteiger partial charge >= 0.3 is 0 Å². The zero-order valence-electron chi connectivity index (χ0n) is 19.2. The van der Waals surface area contributed by atoms with E-state index in [-0.39, 0.29) is 12.7 Å². The Morgan fingerprint density at radius 2 is 2.06 bits per heavy atom. The van der Waals surface area contributed by atoms with Crippen molar-refractivity contribution >= 4 is 34.7 Å². The molecule has 5 rings (SSSR count). The Morgan fingerprint density at radius 3 is 2.77 bits per heavy atom. The van der Waals surface area contributed by atoms with Crippen LogP contribution in [-0.2, 0) is 11.3 Å². The van der Waals surface area contributed by atoms with E-state index in [0.717, 1.165) is 19.3 Å². The van der Waals surface area contributed by atoms with Gasteiger partial charge in [0.25, 0.3) is 5.91 Å². The molecule has 3 aromatic rings. The summed E-state index contributed by atoms with van der Waals surface area (Å²) in [6, 6.07) is 5.68. The number of nitrogens with two attached hydrogens (primary N) is 1. The first kappa shape index (κ1) is 23.2. The second-order valence-corrected chi connectivity index (χ2v) is 9.64. The van der Waals surface area contributed by atoms with Crippen LogP contribution in [-0.4, -0.2) is 61.4 Å². The van der Waals surface area contributed by atoms with Gasteiger partial charge in [-0.2, -0.15) is 5.26 Å². The third-order valence-electron chi connectivity index (χ3n) is 6.37. The number of nitrogen functional groups attached to an aromatic ring is 1. The summed E-state index contributed by atoms with van der Waals surface area (Å²) in [5.41, 5.74) is 7.71. The van der Waals surface area contributed by atoms with Gasteiger partial charge < -0.3 is 29.8 Å². The first-order chi connectivity index (χ1) is 16.9. The highest BCUT2D eigenvalue weighted by Gasteiger charge is 2.26. The number of carbonyl (C=O) groups is 1. The Balaban J connectivity index is 1.38. The fourth-order valence-electron chi connectivity index (χ4n) is 4.42. The maximum Gasteiger partial charge on any atom is 0.251 e. The number of piperidine rings is 1. The molecule has 1 saturated heterocycles. The molecule has 0 aliphatic carbocycles. The van der Waals surface area contributed by atoms with Crippen LogP contribution in [0.15, 0.2) is 28.5 Å². The molecular formula is C23H25N7O4S. The van der Waals surface area contributed by atoms with Crippen molar-refractivity contribution in [2.75, 3.05) is 25.6 Å². The van der Waals surface area contributed by atoms with Crippen molar-refractivity contribution < 1.29 is 19.4 Å². The van der Waals surface area contributed by atoms with Gasteiger partial charge in [-0.25, -0.2) is 15.0 Å². The molecule has 0 spiro atoms. The first-order valence-corrected chi connectivity index (χ1v) is 12.2. The maximum absolute atomic E-state index is 12.1. The number of aryl methyl sites for hydroxylation is 1. The van der Waals surface area contributed by atoms with E-state index in [2.05, 4.69) is 16.0 Å². The molecule has 1 amide bonds. The van der Waals surface area contributed by atoms with Gasteiger partial charge in [-0.05, 0) is 38.2 Å². The SMILES string of the molecule is C[C@H](O)C(=O)N1CCC(CCn2c(Sc3cc4c(cc3C#N)OCO4)nc3c(N)ncnc32)CC1. The van der Waals surface area contributed by atoms with E-state index in [0.29, 0.717) is 69.6 Å². The van der Waals surface area contributed by atoms with Crippen LogP contribution in [0.5, 0.6) is 11.5 Å². The summed E-state index contributed by atoms with van der Waals surface area (Å²) in [6.07, 6.45) is 3.05. The van der Waals surface area contributed by atoms with Crippen molar-refractivity contribution in [2.45, 2.75) is 48.9 Å². The number of carbonyl (C=O) groups excluding carboxylic acids is 1. The average molecular weight is 496 g/mol. The van der Waals surface area contributed by atoms with E-state index >= 15 is 0 Å². The number of hydrogen-bond donors (Lipinski definition) is 2.